The van der Waals surface area contributed by atoms with Gasteiger partial charge in [0.2, 0.25) is 0 Å². The highest BCUT2D eigenvalue weighted by molar-refractivity contribution is 5.12. The molecule has 0 saturated heterocycles. The van der Waals surface area contributed by atoms with Gasteiger partial charge in [-0.05, 0) is 42.6 Å². The van der Waals surface area contributed by atoms with Crippen LogP contribution in [0.25, 0.3) is 0 Å². The van der Waals surface area contributed by atoms with Crippen molar-refractivity contribution >= 4 is 0 Å². The lowest BCUT2D eigenvalue weighted by molar-refractivity contribution is 0.109. The predicted molar refractivity (Wildman–Crippen MR) is 75.2 cm³/mol. The van der Waals surface area contributed by atoms with Crippen LogP contribution in [0.2, 0.25) is 0 Å². The number of nitrogens with two attached hydrogens (primary N) is 1. The SMILES string of the molecule is CC1CCC(C(C)C)C(N)(Cc2cnn(C)c2)C1. The van der Waals surface area contributed by atoms with Gasteiger partial charge in [0.25, 0.3) is 0 Å². The van der Waals surface area contributed by atoms with Crippen LogP contribution in [0.3, 0.4) is 0 Å². The van der Waals surface area contributed by atoms with Gasteiger partial charge < -0.3 is 5.73 Å². The number of aryl methyl sites for hydroxylation is 1. The maximum Gasteiger partial charge on any atom is 0.0522 e. The minimum atomic E-state index is -0.0468. The Bertz CT molecular complexity index is 396. The maximum absolute atomic E-state index is 6.80. The standard InChI is InChI=1S/C15H27N3/c1-11(2)14-6-5-12(3)7-15(14,16)8-13-9-17-18(4)10-13/h9-12,14H,5-8,16H2,1-4H3. The third-order valence-corrected chi connectivity index (χ3v) is 4.53. The van der Waals surface area contributed by atoms with Gasteiger partial charge in [0.15, 0.2) is 0 Å². The molecule has 2 rings (SSSR count). The zero-order valence-corrected chi connectivity index (χ0v) is 12.2. The molecule has 0 amide bonds. The van der Waals surface area contributed by atoms with Gasteiger partial charge in [0, 0.05) is 18.8 Å². The highest BCUT2D eigenvalue weighted by atomic mass is 15.2. The van der Waals surface area contributed by atoms with Crippen molar-refractivity contribution in [3.8, 4) is 0 Å². The van der Waals surface area contributed by atoms with Crippen LogP contribution in [0.5, 0.6) is 0 Å². The van der Waals surface area contributed by atoms with Crippen LogP contribution in [-0.4, -0.2) is 15.3 Å². The average Bonchev–Trinajstić information content (AvgIpc) is 2.62. The lowest BCUT2D eigenvalue weighted by Gasteiger charge is -2.46. The zero-order chi connectivity index (χ0) is 13.3. The summed E-state index contributed by atoms with van der Waals surface area (Å²) in [5, 5.41) is 4.26. The number of hydrogen-bond acceptors (Lipinski definition) is 2. The predicted octanol–water partition coefficient (Wildman–Crippen LogP) is 2.75. The van der Waals surface area contributed by atoms with Crippen molar-refractivity contribution in [3.63, 3.8) is 0 Å². The Kier molecular flexibility index (Phi) is 3.81. The van der Waals surface area contributed by atoms with Crippen molar-refractivity contribution in [2.75, 3.05) is 0 Å². The fourth-order valence-electron chi connectivity index (χ4n) is 3.80. The van der Waals surface area contributed by atoms with E-state index in [1.54, 1.807) is 0 Å². The molecule has 1 heterocycles. The first-order chi connectivity index (χ1) is 8.40. The third kappa shape index (κ3) is 2.77. The fraction of sp³-hybridized carbons (Fsp3) is 0.800. The van der Waals surface area contributed by atoms with E-state index < -0.39 is 0 Å². The van der Waals surface area contributed by atoms with Gasteiger partial charge >= 0.3 is 0 Å². The minimum Gasteiger partial charge on any atom is -0.325 e. The highest BCUT2D eigenvalue weighted by Crippen LogP contribution is 2.41. The van der Waals surface area contributed by atoms with Gasteiger partial charge in [0.1, 0.15) is 0 Å². The Hall–Kier alpha value is -0.830. The van der Waals surface area contributed by atoms with E-state index in [1.807, 2.05) is 17.9 Å². The Morgan fingerprint density at radius 2 is 2.22 bits per heavy atom. The maximum atomic E-state index is 6.80. The number of nitrogens with zero attached hydrogens (tertiary/aromatic N) is 2. The molecular formula is C15H27N3. The van der Waals surface area contributed by atoms with Crippen LogP contribution in [0, 0.1) is 17.8 Å². The van der Waals surface area contributed by atoms with Crippen molar-refractivity contribution in [1.82, 2.24) is 9.78 Å². The smallest absolute Gasteiger partial charge is 0.0522 e. The summed E-state index contributed by atoms with van der Waals surface area (Å²) < 4.78 is 1.87. The van der Waals surface area contributed by atoms with E-state index in [0.29, 0.717) is 11.8 Å². The molecule has 0 bridgehead atoms. The molecule has 3 nitrogen and oxygen atoms in total. The summed E-state index contributed by atoms with van der Waals surface area (Å²) in [6, 6.07) is 0. The van der Waals surface area contributed by atoms with E-state index >= 15 is 0 Å². The molecule has 1 saturated carbocycles. The summed E-state index contributed by atoms with van der Waals surface area (Å²) in [6.45, 7) is 6.96. The summed E-state index contributed by atoms with van der Waals surface area (Å²) in [5.41, 5.74) is 8.03. The van der Waals surface area contributed by atoms with Crippen molar-refractivity contribution in [3.05, 3.63) is 18.0 Å². The van der Waals surface area contributed by atoms with Crippen molar-refractivity contribution < 1.29 is 0 Å². The second kappa shape index (κ2) is 5.04. The van der Waals surface area contributed by atoms with Gasteiger partial charge in [-0.25, -0.2) is 0 Å². The molecule has 0 radical (unpaired) electrons. The van der Waals surface area contributed by atoms with Gasteiger partial charge in [-0.2, -0.15) is 5.10 Å². The van der Waals surface area contributed by atoms with E-state index in [1.165, 1.54) is 18.4 Å². The monoisotopic (exact) mass is 249 g/mol. The summed E-state index contributed by atoms with van der Waals surface area (Å²) in [5.74, 6) is 2.05. The fourth-order valence-corrected chi connectivity index (χ4v) is 3.80. The molecule has 1 aliphatic rings. The second-order valence-electron chi connectivity index (χ2n) is 6.67. The molecule has 102 valence electrons. The molecule has 3 heteroatoms. The molecule has 0 spiro atoms. The molecule has 0 aromatic carbocycles. The van der Waals surface area contributed by atoms with Crippen LogP contribution in [0.15, 0.2) is 12.4 Å². The largest absolute Gasteiger partial charge is 0.325 e. The van der Waals surface area contributed by atoms with Crippen LogP contribution in [0.1, 0.15) is 45.6 Å². The van der Waals surface area contributed by atoms with Crippen LogP contribution in [0.4, 0.5) is 0 Å². The normalized spacial score (nSPS) is 33.0. The van der Waals surface area contributed by atoms with Gasteiger partial charge in [-0.1, -0.05) is 27.2 Å². The first-order valence-electron chi connectivity index (χ1n) is 7.17. The molecule has 1 aromatic heterocycles. The van der Waals surface area contributed by atoms with Gasteiger partial charge in [0.05, 0.1) is 6.20 Å². The van der Waals surface area contributed by atoms with Crippen molar-refractivity contribution in [2.24, 2.45) is 30.5 Å². The number of hydrogen-bond donors (Lipinski definition) is 1. The summed E-state index contributed by atoms with van der Waals surface area (Å²) in [6.07, 6.45) is 8.78. The molecule has 0 aliphatic heterocycles. The van der Waals surface area contributed by atoms with Crippen LogP contribution in [-0.2, 0) is 13.5 Å². The molecule has 1 aromatic rings. The van der Waals surface area contributed by atoms with E-state index in [4.69, 9.17) is 5.73 Å². The van der Waals surface area contributed by atoms with E-state index in [0.717, 1.165) is 18.8 Å². The van der Waals surface area contributed by atoms with Crippen molar-refractivity contribution in [2.45, 2.75) is 52.0 Å². The Morgan fingerprint density at radius 1 is 1.50 bits per heavy atom. The second-order valence-corrected chi connectivity index (χ2v) is 6.67. The summed E-state index contributed by atoms with van der Waals surface area (Å²) >= 11 is 0. The Labute approximate surface area is 111 Å². The first-order valence-corrected chi connectivity index (χ1v) is 7.17. The highest BCUT2D eigenvalue weighted by Gasteiger charge is 2.41. The first kappa shape index (κ1) is 13.6. The Morgan fingerprint density at radius 3 is 2.78 bits per heavy atom. The van der Waals surface area contributed by atoms with E-state index in [9.17, 15) is 0 Å². The minimum absolute atomic E-state index is 0.0468. The molecule has 1 fully saturated rings. The lowest BCUT2D eigenvalue weighted by Crippen LogP contribution is -2.54. The number of rotatable bonds is 3. The molecular weight excluding hydrogens is 222 g/mol. The molecule has 18 heavy (non-hydrogen) atoms. The lowest BCUT2D eigenvalue weighted by atomic mass is 9.63. The van der Waals surface area contributed by atoms with Crippen molar-refractivity contribution in [1.29, 1.82) is 0 Å². The Balaban J connectivity index is 2.18. The summed E-state index contributed by atoms with van der Waals surface area (Å²) in [4.78, 5) is 0. The summed E-state index contributed by atoms with van der Waals surface area (Å²) in [7, 11) is 1.97. The van der Waals surface area contributed by atoms with E-state index in [2.05, 4.69) is 32.1 Å². The molecule has 3 unspecified atom stereocenters. The van der Waals surface area contributed by atoms with Crippen LogP contribution < -0.4 is 5.73 Å². The average molecular weight is 249 g/mol. The van der Waals surface area contributed by atoms with Gasteiger partial charge in [-0.15, -0.1) is 0 Å². The molecule has 3 atom stereocenters. The number of aromatic nitrogens is 2. The topological polar surface area (TPSA) is 43.8 Å². The van der Waals surface area contributed by atoms with E-state index in [-0.39, 0.29) is 5.54 Å². The van der Waals surface area contributed by atoms with Gasteiger partial charge in [-0.3, -0.25) is 4.68 Å². The van der Waals surface area contributed by atoms with Crippen LogP contribution >= 0.6 is 0 Å². The third-order valence-electron chi connectivity index (χ3n) is 4.53. The zero-order valence-electron chi connectivity index (χ0n) is 12.2. The molecule has 2 N–H and O–H groups in total. The quantitative estimate of drug-likeness (QED) is 0.895. The molecule has 1 aliphatic carbocycles.